The average molecular weight is 408 g/mol. The Morgan fingerprint density at radius 2 is 2.04 bits per heavy atom. The molecule has 1 aliphatic heterocycles. The number of carbonyl (C=O) groups excluding carboxylic acids is 1. The zero-order valence-electron chi connectivity index (χ0n) is 15.4. The Morgan fingerprint density at radius 3 is 2.59 bits per heavy atom. The standard InChI is InChI=1S/C17H23F3N2O4S/c1-4-26-16(23)12-5-6-13(15(9-12)17(18,19)20)10-22-8-7-14(11-22)21(2)27(3,24)25/h5-6,9,14H,4,7-8,10-11H2,1-3H3. The fourth-order valence-electron chi connectivity index (χ4n) is 3.08. The molecule has 1 heterocycles. The van der Waals surface area contributed by atoms with Gasteiger partial charge in [-0.15, -0.1) is 0 Å². The Bertz CT molecular complexity index is 796. The highest BCUT2D eigenvalue weighted by molar-refractivity contribution is 7.88. The molecular weight excluding hydrogens is 385 g/mol. The van der Waals surface area contributed by atoms with Crippen molar-refractivity contribution in [1.82, 2.24) is 9.21 Å². The molecule has 1 saturated heterocycles. The summed E-state index contributed by atoms with van der Waals surface area (Å²) in [5.74, 6) is -0.800. The van der Waals surface area contributed by atoms with Crippen molar-refractivity contribution in [2.45, 2.75) is 32.1 Å². The average Bonchev–Trinajstić information content (AvgIpc) is 3.01. The number of rotatable bonds is 6. The highest BCUT2D eigenvalue weighted by atomic mass is 32.2. The largest absolute Gasteiger partial charge is 0.462 e. The van der Waals surface area contributed by atoms with Crippen molar-refractivity contribution in [2.24, 2.45) is 0 Å². The van der Waals surface area contributed by atoms with Crippen LogP contribution in [0.1, 0.15) is 34.8 Å². The van der Waals surface area contributed by atoms with Crippen LogP contribution in [0.3, 0.4) is 0 Å². The fourth-order valence-corrected chi connectivity index (χ4v) is 3.80. The van der Waals surface area contributed by atoms with Gasteiger partial charge in [-0.2, -0.15) is 13.2 Å². The van der Waals surface area contributed by atoms with Gasteiger partial charge in [0.1, 0.15) is 0 Å². The molecule has 1 atom stereocenters. The van der Waals surface area contributed by atoms with E-state index in [9.17, 15) is 26.4 Å². The van der Waals surface area contributed by atoms with Crippen molar-refractivity contribution >= 4 is 16.0 Å². The minimum Gasteiger partial charge on any atom is -0.462 e. The Hall–Kier alpha value is -1.65. The van der Waals surface area contributed by atoms with Crippen molar-refractivity contribution in [1.29, 1.82) is 0 Å². The van der Waals surface area contributed by atoms with E-state index in [4.69, 9.17) is 4.74 Å². The van der Waals surface area contributed by atoms with Crippen molar-refractivity contribution in [3.05, 3.63) is 34.9 Å². The van der Waals surface area contributed by atoms with Gasteiger partial charge in [0.2, 0.25) is 10.0 Å². The van der Waals surface area contributed by atoms with Crippen LogP contribution in [0.5, 0.6) is 0 Å². The summed E-state index contributed by atoms with van der Waals surface area (Å²) in [6.45, 7) is 2.51. The predicted octanol–water partition coefficient (Wildman–Crippen LogP) is 2.35. The first-order chi connectivity index (χ1) is 12.4. The molecule has 0 saturated carbocycles. The summed E-state index contributed by atoms with van der Waals surface area (Å²) in [6.07, 6.45) is -2.96. The number of carbonyl (C=O) groups is 1. The van der Waals surface area contributed by atoms with Gasteiger partial charge >= 0.3 is 12.1 Å². The maximum atomic E-state index is 13.5. The molecule has 0 amide bonds. The normalized spacial score (nSPS) is 18.9. The highest BCUT2D eigenvalue weighted by Gasteiger charge is 2.36. The molecule has 152 valence electrons. The number of likely N-dealkylation sites (N-methyl/N-ethyl adjacent to an activating group) is 1. The number of esters is 1. The number of hydrogen-bond acceptors (Lipinski definition) is 5. The summed E-state index contributed by atoms with van der Waals surface area (Å²) >= 11 is 0. The number of likely N-dealkylation sites (tertiary alicyclic amines) is 1. The molecule has 10 heteroatoms. The third-order valence-corrected chi connectivity index (χ3v) is 5.95. The first-order valence-electron chi connectivity index (χ1n) is 8.46. The van der Waals surface area contributed by atoms with Crippen LogP contribution in [-0.4, -0.2) is 62.6 Å². The quantitative estimate of drug-likeness (QED) is 0.676. The lowest BCUT2D eigenvalue weighted by atomic mass is 10.0. The van der Waals surface area contributed by atoms with Crippen LogP contribution in [0.2, 0.25) is 0 Å². The predicted molar refractivity (Wildman–Crippen MR) is 93.7 cm³/mol. The van der Waals surface area contributed by atoms with E-state index in [0.29, 0.717) is 19.5 Å². The molecule has 1 unspecified atom stereocenters. The van der Waals surface area contributed by atoms with Crippen LogP contribution < -0.4 is 0 Å². The van der Waals surface area contributed by atoms with Gasteiger partial charge in [-0.3, -0.25) is 4.90 Å². The molecule has 1 aliphatic rings. The summed E-state index contributed by atoms with van der Waals surface area (Å²) in [5, 5.41) is 0. The van der Waals surface area contributed by atoms with Crippen molar-refractivity contribution in [3.63, 3.8) is 0 Å². The smallest absolute Gasteiger partial charge is 0.416 e. The minimum atomic E-state index is -4.61. The van der Waals surface area contributed by atoms with Gasteiger partial charge in [-0.05, 0) is 31.0 Å². The number of halogens is 3. The van der Waals surface area contributed by atoms with Gasteiger partial charge in [-0.25, -0.2) is 17.5 Å². The Morgan fingerprint density at radius 1 is 1.37 bits per heavy atom. The van der Waals surface area contributed by atoms with Crippen LogP contribution in [0.25, 0.3) is 0 Å². The van der Waals surface area contributed by atoms with Crippen molar-refractivity contribution < 1.29 is 31.1 Å². The van der Waals surface area contributed by atoms with E-state index >= 15 is 0 Å². The number of alkyl halides is 3. The van der Waals surface area contributed by atoms with Crippen molar-refractivity contribution in [2.75, 3.05) is 33.0 Å². The van der Waals surface area contributed by atoms with Gasteiger partial charge in [0.25, 0.3) is 0 Å². The van der Waals surface area contributed by atoms with Gasteiger partial charge in [0.15, 0.2) is 0 Å². The summed E-state index contributed by atoms with van der Waals surface area (Å²) in [7, 11) is -1.89. The van der Waals surface area contributed by atoms with E-state index in [1.54, 1.807) is 11.8 Å². The fraction of sp³-hybridized carbons (Fsp3) is 0.588. The first-order valence-corrected chi connectivity index (χ1v) is 10.3. The van der Waals surface area contributed by atoms with E-state index in [0.717, 1.165) is 12.3 Å². The molecule has 27 heavy (non-hydrogen) atoms. The zero-order valence-corrected chi connectivity index (χ0v) is 16.2. The molecular formula is C17H23F3N2O4S. The number of ether oxygens (including phenoxy) is 1. The minimum absolute atomic E-state index is 0.0199. The van der Waals surface area contributed by atoms with E-state index in [1.807, 2.05) is 0 Å². The lowest BCUT2D eigenvalue weighted by Crippen LogP contribution is -2.38. The molecule has 0 bridgehead atoms. The van der Waals surface area contributed by atoms with Gasteiger partial charge < -0.3 is 4.74 Å². The lowest BCUT2D eigenvalue weighted by molar-refractivity contribution is -0.138. The topological polar surface area (TPSA) is 66.9 Å². The second-order valence-corrected chi connectivity index (χ2v) is 8.59. The molecule has 0 spiro atoms. The Balaban J connectivity index is 2.20. The third-order valence-electron chi connectivity index (χ3n) is 4.61. The molecule has 0 N–H and O–H groups in total. The first kappa shape index (κ1) is 21.6. The van der Waals surface area contributed by atoms with Crippen molar-refractivity contribution in [3.8, 4) is 0 Å². The molecule has 1 fully saturated rings. The Kier molecular flexibility index (Phi) is 6.54. The molecule has 2 rings (SSSR count). The number of benzene rings is 1. The number of sulfonamides is 1. The SMILES string of the molecule is CCOC(=O)c1ccc(CN2CCC(N(C)S(C)(=O)=O)C2)c(C(F)(F)F)c1. The zero-order chi connectivity index (χ0) is 20.4. The molecule has 0 aliphatic carbocycles. The molecule has 1 aromatic carbocycles. The van der Waals surface area contributed by atoms with E-state index < -0.39 is 27.7 Å². The van der Waals surface area contributed by atoms with E-state index in [2.05, 4.69) is 0 Å². The summed E-state index contributed by atoms with van der Waals surface area (Å²) in [5.41, 5.74) is -0.991. The third kappa shape index (κ3) is 5.43. The second-order valence-electron chi connectivity index (χ2n) is 6.55. The van der Waals surface area contributed by atoms with Gasteiger partial charge in [-0.1, -0.05) is 6.07 Å². The Labute approximate surface area is 156 Å². The monoisotopic (exact) mass is 408 g/mol. The van der Waals surface area contributed by atoms with Crippen LogP contribution in [0.15, 0.2) is 18.2 Å². The van der Waals surface area contributed by atoms with Gasteiger partial charge in [0, 0.05) is 32.7 Å². The second kappa shape index (κ2) is 8.15. The summed E-state index contributed by atoms with van der Waals surface area (Å²) < 4.78 is 69.7. The highest BCUT2D eigenvalue weighted by Crippen LogP contribution is 2.34. The maximum Gasteiger partial charge on any atom is 0.416 e. The van der Waals surface area contributed by atoms with Crippen LogP contribution in [0.4, 0.5) is 13.2 Å². The van der Waals surface area contributed by atoms with E-state index in [-0.39, 0.29) is 30.3 Å². The number of nitrogens with zero attached hydrogens (tertiary/aromatic N) is 2. The van der Waals surface area contributed by atoms with Gasteiger partial charge in [0.05, 0.1) is 24.0 Å². The molecule has 1 aromatic rings. The summed E-state index contributed by atoms with van der Waals surface area (Å²) in [6, 6.07) is 3.14. The van der Waals surface area contributed by atoms with Crippen LogP contribution in [-0.2, 0) is 27.5 Å². The van der Waals surface area contributed by atoms with Crippen LogP contribution in [0, 0.1) is 0 Å². The summed E-state index contributed by atoms with van der Waals surface area (Å²) in [4.78, 5) is 13.5. The molecule has 6 nitrogen and oxygen atoms in total. The van der Waals surface area contributed by atoms with Crippen LogP contribution >= 0.6 is 0 Å². The van der Waals surface area contributed by atoms with E-state index in [1.165, 1.54) is 23.5 Å². The maximum absolute atomic E-state index is 13.5. The molecule has 0 radical (unpaired) electrons. The number of hydrogen-bond donors (Lipinski definition) is 0. The molecule has 0 aromatic heterocycles. The lowest BCUT2D eigenvalue weighted by Gasteiger charge is -2.23.